The molecule has 19 heavy (non-hydrogen) atoms. The molecule has 1 saturated heterocycles. The molecule has 6 heteroatoms. The Balaban J connectivity index is 2.31. The van der Waals surface area contributed by atoms with Gasteiger partial charge in [0.2, 0.25) is 11.8 Å². The molecule has 2 rings (SSSR count). The maximum Gasteiger partial charge on any atom is 0.328 e. The lowest BCUT2D eigenvalue weighted by Gasteiger charge is -2.28. The zero-order valence-corrected chi connectivity index (χ0v) is 10.00. The highest BCUT2D eigenvalue weighted by Crippen LogP contribution is 2.22. The molecule has 0 bridgehead atoms. The zero-order chi connectivity index (χ0) is 13.8. The Kier molecular flexibility index (Phi) is 3.61. The van der Waals surface area contributed by atoms with E-state index in [0.717, 1.165) is 6.08 Å². The van der Waals surface area contributed by atoms with Crippen LogP contribution in [0.1, 0.15) is 5.56 Å². The second-order valence-electron chi connectivity index (χ2n) is 4.06. The average Bonchev–Trinajstić information content (AvgIpc) is 2.35. The van der Waals surface area contributed by atoms with Gasteiger partial charge in [0.25, 0.3) is 0 Å². The third kappa shape index (κ3) is 3.19. The third-order valence-electron chi connectivity index (χ3n) is 2.63. The van der Waals surface area contributed by atoms with Crippen LogP contribution in [0.15, 0.2) is 30.3 Å². The van der Waals surface area contributed by atoms with Gasteiger partial charge in [-0.05, 0) is 17.7 Å². The number of aliphatic carboxylic acids is 1. The fourth-order valence-electron chi connectivity index (χ4n) is 1.89. The van der Waals surface area contributed by atoms with Crippen molar-refractivity contribution in [1.29, 1.82) is 0 Å². The number of carbonyl (C=O) groups is 3. The van der Waals surface area contributed by atoms with E-state index in [2.05, 4.69) is 5.32 Å². The first kappa shape index (κ1) is 12.8. The highest BCUT2D eigenvalue weighted by Gasteiger charge is 2.23. The van der Waals surface area contributed by atoms with Crippen molar-refractivity contribution in [3.63, 3.8) is 0 Å². The summed E-state index contributed by atoms with van der Waals surface area (Å²) in [4.78, 5) is 34.9. The molecule has 0 aromatic heterocycles. The van der Waals surface area contributed by atoms with Gasteiger partial charge in [0, 0.05) is 11.8 Å². The maximum absolute atomic E-state index is 11.3. The first-order chi connectivity index (χ1) is 9.06. The molecule has 0 radical (unpaired) electrons. The molecule has 0 atom stereocenters. The van der Waals surface area contributed by atoms with Crippen molar-refractivity contribution in [3.8, 4) is 0 Å². The van der Waals surface area contributed by atoms with E-state index in [1.165, 1.54) is 6.08 Å². The van der Waals surface area contributed by atoms with E-state index in [9.17, 15) is 14.4 Å². The van der Waals surface area contributed by atoms with Crippen molar-refractivity contribution < 1.29 is 19.5 Å². The molecule has 0 aliphatic carbocycles. The standard InChI is InChI=1S/C13H12N2O4/c16-11-7-15(8-12(17)14-11)10-4-2-1-3-9(10)5-6-13(18)19/h1-6H,7-8H2,(H,18,19)(H,14,16,17). The van der Waals surface area contributed by atoms with Gasteiger partial charge in [-0.15, -0.1) is 0 Å². The number of carbonyl (C=O) groups excluding carboxylic acids is 2. The molecule has 1 aliphatic heterocycles. The number of carboxylic acids is 1. The smallest absolute Gasteiger partial charge is 0.328 e. The Morgan fingerprint density at radius 2 is 1.84 bits per heavy atom. The molecule has 0 unspecified atom stereocenters. The SMILES string of the molecule is O=C(O)C=Cc1ccccc1N1CC(=O)NC(=O)C1. The third-order valence-corrected chi connectivity index (χ3v) is 2.63. The summed E-state index contributed by atoms with van der Waals surface area (Å²) < 4.78 is 0. The molecule has 0 saturated carbocycles. The number of anilines is 1. The maximum atomic E-state index is 11.3. The Morgan fingerprint density at radius 3 is 2.47 bits per heavy atom. The Bertz CT molecular complexity index is 550. The van der Waals surface area contributed by atoms with E-state index in [0.29, 0.717) is 11.3 Å². The van der Waals surface area contributed by atoms with Crippen molar-refractivity contribution in [2.24, 2.45) is 0 Å². The highest BCUT2D eigenvalue weighted by molar-refractivity contribution is 6.03. The molecule has 6 nitrogen and oxygen atoms in total. The predicted molar refractivity (Wildman–Crippen MR) is 68.5 cm³/mol. The van der Waals surface area contributed by atoms with E-state index in [-0.39, 0.29) is 24.9 Å². The average molecular weight is 260 g/mol. The van der Waals surface area contributed by atoms with Gasteiger partial charge in [-0.1, -0.05) is 18.2 Å². The van der Waals surface area contributed by atoms with E-state index < -0.39 is 5.97 Å². The normalized spacial score (nSPS) is 15.7. The number of imide groups is 1. The number of nitrogens with zero attached hydrogens (tertiary/aromatic N) is 1. The van der Waals surface area contributed by atoms with Crippen LogP contribution in [-0.2, 0) is 14.4 Å². The number of benzene rings is 1. The lowest BCUT2D eigenvalue weighted by molar-refractivity contribution is -0.132. The molecule has 2 amide bonds. The summed E-state index contributed by atoms with van der Waals surface area (Å²) >= 11 is 0. The molecule has 0 spiro atoms. The Hall–Kier alpha value is -2.63. The number of para-hydroxylation sites is 1. The molecule has 98 valence electrons. The topological polar surface area (TPSA) is 86.7 Å². The summed E-state index contributed by atoms with van der Waals surface area (Å²) in [5, 5.41) is 10.9. The molecular formula is C13H12N2O4. The largest absolute Gasteiger partial charge is 0.478 e. The first-order valence-electron chi connectivity index (χ1n) is 5.64. The van der Waals surface area contributed by atoms with E-state index in [4.69, 9.17) is 5.11 Å². The number of hydrogen-bond acceptors (Lipinski definition) is 4. The van der Waals surface area contributed by atoms with E-state index in [1.807, 2.05) is 0 Å². The zero-order valence-electron chi connectivity index (χ0n) is 10.00. The summed E-state index contributed by atoms with van der Waals surface area (Å²) in [5.74, 6) is -1.79. The fourth-order valence-corrected chi connectivity index (χ4v) is 1.89. The molecular weight excluding hydrogens is 248 g/mol. The molecule has 2 N–H and O–H groups in total. The van der Waals surface area contributed by atoms with Gasteiger partial charge in [0.1, 0.15) is 0 Å². The summed E-state index contributed by atoms with van der Waals surface area (Å²) in [6.45, 7) is 0.146. The summed E-state index contributed by atoms with van der Waals surface area (Å²) in [5.41, 5.74) is 1.30. The lowest BCUT2D eigenvalue weighted by atomic mass is 10.1. The van der Waals surface area contributed by atoms with Gasteiger partial charge in [-0.25, -0.2) is 4.79 Å². The van der Waals surface area contributed by atoms with Crippen LogP contribution in [0.5, 0.6) is 0 Å². The van der Waals surface area contributed by atoms with Crippen LogP contribution >= 0.6 is 0 Å². The minimum Gasteiger partial charge on any atom is -0.478 e. The van der Waals surface area contributed by atoms with Gasteiger partial charge in [0.15, 0.2) is 0 Å². The van der Waals surface area contributed by atoms with Crippen molar-refractivity contribution in [2.75, 3.05) is 18.0 Å². The van der Waals surface area contributed by atoms with Gasteiger partial charge in [-0.3, -0.25) is 14.9 Å². The molecule has 1 aromatic carbocycles. The molecule has 1 aliphatic rings. The van der Waals surface area contributed by atoms with Gasteiger partial charge in [0.05, 0.1) is 13.1 Å². The number of amides is 2. The second kappa shape index (κ2) is 5.34. The number of piperazine rings is 1. The van der Waals surface area contributed by atoms with Gasteiger partial charge >= 0.3 is 5.97 Å². The Labute approximate surface area is 109 Å². The lowest BCUT2D eigenvalue weighted by Crippen LogP contribution is -2.51. The van der Waals surface area contributed by atoms with Crippen molar-refractivity contribution in [3.05, 3.63) is 35.9 Å². The van der Waals surface area contributed by atoms with Crippen LogP contribution in [0.4, 0.5) is 5.69 Å². The molecule has 1 heterocycles. The number of nitrogens with one attached hydrogen (secondary N) is 1. The van der Waals surface area contributed by atoms with Crippen molar-refractivity contribution in [2.45, 2.75) is 0 Å². The number of rotatable bonds is 3. The highest BCUT2D eigenvalue weighted by atomic mass is 16.4. The van der Waals surface area contributed by atoms with Crippen LogP contribution in [0.2, 0.25) is 0 Å². The minimum absolute atomic E-state index is 0.0731. The van der Waals surface area contributed by atoms with E-state index in [1.54, 1.807) is 29.2 Å². The molecule has 1 aromatic rings. The van der Waals surface area contributed by atoms with Crippen LogP contribution in [0.25, 0.3) is 6.08 Å². The number of carboxylic acid groups (broad SMARTS) is 1. The second-order valence-corrected chi connectivity index (χ2v) is 4.06. The minimum atomic E-state index is -1.05. The van der Waals surface area contributed by atoms with Crippen LogP contribution < -0.4 is 10.2 Å². The summed E-state index contributed by atoms with van der Waals surface area (Å²) in [6, 6.07) is 7.00. The van der Waals surface area contributed by atoms with Crippen LogP contribution in [-0.4, -0.2) is 36.0 Å². The van der Waals surface area contributed by atoms with Crippen LogP contribution in [0.3, 0.4) is 0 Å². The van der Waals surface area contributed by atoms with Crippen LogP contribution in [0, 0.1) is 0 Å². The fraction of sp³-hybridized carbons (Fsp3) is 0.154. The van der Waals surface area contributed by atoms with Crippen molar-refractivity contribution in [1.82, 2.24) is 5.32 Å². The molecule has 1 fully saturated rings. The quantitative estimate of drug-likeness (QED) is 0.601. The van der Waals surface area contributed by atoms with Crippen molar-refractivity contribution >= 4 is 29.5 Å². The first-order valence-corrected chi connectivity index (χ1v) is 5.64. The van der Waals surface area contributed by atoms with Gasteiger partial charge in [-0.2, -0.15) is 0 Å². The monoisotopic (exact) mass is 260 g/mol. The van der Waals surface area contributed by atoms with E-state index >= 15 is 0 Å². The predicted octanol–water partition coefficient (Wildman–Crippen LogP) is 0.247. The summed E-state index contributed by atoms with van der Waals surface area (Å²) in [7, 11) is 0. The summed E-state index contributed by atoms with van der Waals surface area (Å²) in [6.07, 6.45) is 2.46. The Morgan fingerprint density at radius 1 is 1.21 bits per heavy atom. The number of hydrogen-bond donors (Lipinski definition) is 2. The van der Waals surface area contributed by atoms with Gasteiger partial charge < -0.3 is 10.0 Å².